The van der Waals surface area contributed by atoms with Crippen molar-refractivity contribution in [2.24, 2.45) is 46.3 Å². The lowest BCUT2D eigenvalue weighted by Crippen LogP contribution is -2.62. The van der Waals surface area contributed by atoms with Crippen LogP contribution in [0, 0.1) is 46.3 Å². The van der Waals surface area contributed by atoms with Crippen molar-refractivity contribution in [3.05, 3.63) is 0 Å². The van der Waals surface area contributed by atoms with E-state index in [4.69, 9.17) is 0 Å². The summed E-state index contributed by atoms with van der Waals surface area (Å²) in [5.74, 6) is 2.72. The molecule has 4 saturated carbocycles. The van der Waals surface area contributed by atoms with E-state index in [-0.39, 0.29) is 29.1 Å². The first-order valence-corrected chi connectivity index (χ1v) is 18.0. The third-order valence-electron chi connectivity index (χ3n) is 13.2. The van der Waals surface area contributed by atoms with Crippen molar-refractivity contribution in [3.8, 4) is 0 Å². The summed E-state index contributed by atoms with van der Waals surface area (Å²) < 4.78 is 0. The molecule has 0 radical (unpaired) electrons. The van der Waals surface area contributed by atoms with Crippen molar-refractivity contribution in [1.82, 2.24) is 5.32 Å². The first-order chi connectivity index (χ1) is 19.2. The molecule has 0 aromatic heterocycles. The Hall–Kier alpha value is -0.160. The van der Waals surface area contributed by atoms with Gasteiger partial charge in [0.1, 0.15) is 0 Å². The zero-order valence-corrected chi connectivity index (χ0v) is 26.9. The summed E-state index contributed by atoms with van der Waals surface area (Å²) in [5, 5.41) is 37.3. The van der Waals surface area contributed by atoms with Gasteiger partial charge in [0.15, 0.2) is 0 Å². The molecule has 0 amide bonds. The molecule has 0 bridgehead atoms. The Balaban J connectivity index is 1.17. The minimum atomic E-state index is -0.269. The number of hydrogen-bond donors (Lipinski definition) is 4. The summed E-state index contributed by atoms with van der Waals surface area (Å²) in [5.41, 5.74) is 0.0947. The molecule has 11 atom stereocenters. The van der Waals surface area contributed by atoms with Crippen molar-refractivity contribution in [2.75, 3.05) is 13.1 Å². The third-order valence-corrected chi connectivity index (χ3v) is 13.2. The highest BCUT2D eigenvalue weighted by Crippen LogP contribution is 2.68. The van der Waals surface area contributed by atoms with Gasteiger partial charge in [-0.3, -0.25) is 0 Å². The van der Waals surface area contributed by atoms with E-state index in [9.17, 15) is 15.3 Å². The maximum atomic E-state index is 11.8. The van der Waals surface area contributed by atoms with Crippen LogP contribution < -0.4 is 5.32 Å². The second kappa shape index (κ2) is 15.0. The van der Waals surface area contributed by atoms with Crippen LogP contribution in [0.15, 0.2) is 0 Å². The Morgan fingerprint density at radius 3 is 2.10 bits per heavy atom. The molecule has 3 unspecified atom stereocenters. The van der Waals surface area contributed by atoms with Crippen LogP contribution in [0.5, 0.6) is 0 Å². The molecule has 4 fully saturated rings. The van der Waals surface area contributed by atoms with E-state index in [1.165, 1.54) is 89.9 Å². The Kier molecular flexibility index (Phi) is 12.3. The maximum absolute atomic E-state index is 11.8. The normalized spacial score (nSPS) is 41.8. The van der Waals surface area contributed by atoms with E-state index in [0.29, 0.717) is 35.5 Å². The van der Waals surface area contributed by atoms with Crippen LogP contribution in [0.4, 0.5) is 0 Å². The Labute approximate surface area is 247 Å². The molecular formula is C36H67NO3. The number of rotatable bonds is 16. The predicted octanol–water partition coefficient (Wildman–Crippen LogP) is 7.87. The van der Waals surface area contributed by atoms with Crippen LogP contribution in [-0.2, 0) is 0 Å². The molecule has 0 spiro atoms. The van der Waals surface area contributed by atoms with E-state index < -0.39 is 0 Å². The monoisotopic (exact) mass is 562 g/mol. The van der Waals surface area contributed by atoms with Gasteiger partial charge in [-0.15, -0.1) is 0 Å². The van der Waals surface area contributed by atoms with Gasteiger partial charge in [-0.1, -0.05) is 85.5 Å². The number of aliphatic hydroxyl groups is 3. The van der Waals surface area contributed by atoms with Gasteiger partial charge in [0, 0.05) is 0 Å². The lowest BCUT2D eigenvalue weighted by atomic mass is 9.43. The van der Waals surface area contributed by atoms with E-state index in [0.717, 1.165) is 45.2 Å². The fourth-order valence-corrected chi connectivity index (χ4v) is 10.7. The van der Waals surface area contributed by atoms with E-state index in [1.807, 2.05) is 0 Å². The highest BCUT2D eigenvalue weighted by Gasteiger charge is 2.65. The minimum Gasteiger partial charge on any atom is -0.393 e. The first-order valence-electron chi connectivity index (χ1n) is 18.0. The quantitative estimate of drug-likeness (QED) is 0.145. The largest absolute Gasteiger partial charge is 0.393 e. The molecule has 234 valence electrons. The summed E-state index contributed by atoms with van der Waals surface area (Å²) in [6, 6.07) is 0. The van der Waals surface area contributed by atoms with Crippen LogP contribution in [0.25, 0.3) is 0 Å². The molecule has 0 saturated heterocycles. The summed E-state index contributed by atoms with van der Waals surface area (Å²) in [6.45, 7) is 11.8. The molecule has 40 heavy (non-hydrogen) atoms. The minimum absolute atomic E-state index is 0.0671. The number of aliphatic hydroxyl groups excluding tert-OH is 3. The molecule has 4 nitrogen and oxygen atoms in total. The average molecular weight is 562 g/mol. The number of nitrogens with one attached hydrogen (secondary N) is 1. The molecule has 0 aromatic carbocycles. The lowest BCUT2D eigenvalue weighted by molar-refractivity contribution is -0.207. The van der Waals surface area contributed by atoms with Gasteiger partial charge in [0.2, 0.25) is 0 Å². The van der Waals surface area contributed by atoms with Crippen LogP contribution in [0.2, 0.25) is 0 Å². The van der Waals surface area contributed by atoms with Crippen molar-refractivity contribution in [2.45, 2.75) is 168 Å². The van der Waals surface area contributed by atoms with Crippen LogP contribution in [0.1, 0.15) is 150 Å². The standard InChI is InChI=1S/C36H67NO3/c1-5-6-7-8-9-10-11-12-13-14-21-37-22-15-16-26(2)29-17-18-30-34-31(25-33(40)36(29,30)4)35(3)20-19-28(38)23-27(35)24-32(34)39/h26-34,37-40H,5-25H2,1-4H3/t26?,27?,28-,29-,30+,31+,32-,33+,34?,35+,36-/m1/s1. The van der Waals surface area contributed by atoms with Gasteiger partial charge in [-0.25, -0.2) is 0 Å². The van der Waals surface area contributed by atoms with Gasteiger partial charge in [0.25, 0.3) is 0 Å². The number of fused-ring (bicyclic) bond motifs is 5. The van der Waals surface area contributed by atoms with E-state index in [1.54, 1.807) is 0 Å². The molecule has 4 aliphatic rings. The molecule has 0 aromatic rings. The van der Waals surface area contributed by atoms with Crippen molar-refractivity contribution < 1.29 is 15.3 Å². The zero-order valence-electron chi connectivity index (χ0n) is 26.9. The fourth-order valence-electron chi connectivity index (χ4n) is 10.7. The molecule has 4 aliphatic carbocycles. The zero-order chi connectivity index (χ0) is 28.8. The highest BCUT2D eigenvalue weighted by atomic mass is 16.3. The molecule has 0 heterocycles. The van der Waals surface area contributed by atoms with Crippen molar-refractivity contribution >= 4 is 0 Å². The van der Waals surface area contributed by atoms with E-state index in [2.05, 4.69) is 33.0 Å². The molecule has 0 aliphatic heterocycles. The van der Waals surface area contributed by atoms with Gasteiger partial charge in [0.05, 0.1) is 18.3 Å². The second-order valence-corrected chi connectivity index (χ2v) is 15.6. The summed E-state index contributed by atoms with van der Waals surface area (Å²) in [7, 11) is 0. The topological polar surface area (TPSA) is 72.7 Å². The lowest BCUT2D eigenvalue weighted by Gasteiger charge is -2.63. The van der Waals surface area contributed by atoms with E-state index >= 15 is 0 Å². The Morgan fingerprint density at radius 2 is 1.40 bits per heavy atom. The van der Waals surface area contributed by atoms with Gasteiger partial charge >= 0.3 is 0 Å². The van der Waals surface area contributed by atoms with Crippen molar-refractivity contribution in [1.29, 1.82) is 0 Å². The molecule has 4 rings (SSSR count). The predicted molar refractivity (Wildman–Crippen MR) is 167 cm³/mol. The first kappa shape index (κ1) is 32.7. The maximum Gasteiger partial charge on any atom is 0.0602 e. The summed E-state index contributed by atoms with van der Waals surface area (Å²) in [4.78, 5) is 0. The molecule has 4 heteroatoms. The van der Waals surface area contributed by atoms with Gasteiger partial charge in [-0.2, -0.15) is 0 Å². The SMILES string of the molecule is CCCCCCCCCCCCNCCCC(C)[C@H]1CC[C@H]2C3[C@H](O)CC4C[C@H](O)CC[C@]4(C)[C@H]3C[C@H](O)[C@]12C. The smallest absolute Gasteiger partial charge is 0.0602 e. The van der Waals surface area contributed by atoms with Crippen LogP contribution in [-0.4, -0.2) is 46.7 Å². The number of unbranched alkanes of at least 4 members (excludes halogenated alkanes) is 9. The van der Waals surface area contributed by atoms with Gasteiger partial charge in [-0.05, 0) is 124 Å². The molecular weight excluding hydrogens is 494 g/mol. The average Bonchev–Trinajstić information content (AvgIpc) is 3.29. The fraction of sp³-hybridized carbons (Fsp3) is 1.00. The Morgan fingerprint density at radius 1 is 0.750 bits per heavy atom. The Bertz CT molecular complexity index is 746. The summed E-state index contributed by atoms with van der Waals surface area (Å²) in [6.07, 6.45) is 22.5. The number of hydrogen-bond acceptors (Lipinski definition) is 4. The highest BCUT2D eigenvalue weighted by molar-refractivity contribution is 5.14. The van der Waals surface area contributed by atoms with Crippen molar-refractivity contribution in [3.63, 3.8) is 0 Å². The third kappa shape index (κ3) is 7.13. The second-order valence-electron chi connectivity index (χ2n) is 15.6. The van der Waals surface area contributed by atoms with Crippen LogP contribution >= 0.6 is 0 Å². The molecule has 4 N–H and O–H groups in total. The van der Waals surface area contributed by atoms with Gasteiger partial charge < -0.3 is 20.6 Å². The summed E-state index contributed by atoms with van der Waals surface area (Å²) >= 11 is 0. The van der Waals surface area contributed by atoms with Crippen LogP contribution in [0.3, 0.4) is 0 Å².